The van der Waals surface area contributed by atoms with Crippen LogP contribution >= 0.6 is 15.9 Å². The molecule has 1 atom stereocenters. The molecular weight excluding hydrogens is 304 g/mol. The number of hydrogen-bond acceptors (Lipinski definition) is 3. The molecule has 0 amide bonds. The normalized spacial score (nSPS) is 13.0. The predicted molar refractivity (Wildman–Crippen MR) is 83.7 cm³/mol. The zero-order valence-corrected chi connectivity index (χ0v) is 13.8. The Bertz CT molecular complexity index is 403. The summed E-state index contributed by atoms with van der Waals surface area (Å²) < 4.78 is 0.998. The third kappa shape index (κ3) is 5.43. The summed E-state index contributed by atoms with van der Waals surface area (Å²) >= 11 is 3.38. The van der Waals surface area contributed by atoms with Crippen LogP contribution in [-0.2, 0) is 0 Å². The van der Waals surface area contributed by atoms with Crippen molar-refractivity contribution in [2.24, 2.45) is 0 Å². The van der Waals surface area contributed by atoms with Crippen LogP contribution in [0.25, 0.3) is 0 Å². The van der Waals surface area contributed by atoms with Crippen molar-refractivity contribution in [3.05, 3.63) is 34.3 Å². The second-order valence-corrected chi connectivity index (χ2v) is 6.02. The van der Waals surface area contributed by atoms with Gasteiger partial charge in [0.05, 0.1) is 6.54 Å². The van der Waals surface area contributed by atoms with Crippen molar-refractivity contribution >= 4 is 21.7 Å². The molecule has 0 N–H and O–H groups in total. The molecule has 0 saturated heterocycles. The summed E-state index contributed by atoms with van der Waals surface area (Å²) in [5.41, 5.74) is 0.777. The summed E-state index contributed by atoms with van der Waals surface area (Å²) in [7, 11) is 4.11. The zero-order valence-electron chi connectivity index (χ0n) is 12.2. The van der Waals surface area contributed by atoms with Gasteiger partial charge in [-0.1, -0.05) is 35.0 Å². The van der Waals surface area contributed by atoms with Gasteiger partial charge in [-0.25, -0.2) is 0 Å². The highest BCUT2D eigenvalue weighted by Gasteiger charge is 2.17. The van der Waals surface area contributed by atoms with Gasteiger partial charge in [0.1, 0.15) is 0 Å². The number of Topliss-reactive ketones (excluding diaryl/α,β-unsaturated/α-hetero) is 1. The lowest BCUT2D eigenvalue weighted by atomic mass is 10.1. The molecule has 1 rings (SSSR count). The minimum atomic E-state index is 0.181. The van der Waals surface area contributed by atoms with E-state index in [1.807, 2.05) is 24.3 Å². The Balaban J connectivity index is 2.65. The fraction of sp³-hybridized carbons (Fsp3) is 0.533. The van der Waals surface area contributed by atoms with Crippen molar-refractivity contribution < 1.29 is 4.79 Å². The molecule has 1 aromatic rings. The van der Waals surface area contributed by atoms with E-state index in [1.165, 1.54) is 0 Å². The van der Waals surface area contributed by atoms with Crippen molar-refractivity contribution in [3.8, 4) is 0 Å². The van der Waals surface area contributed by atoms with E-state index in [0.717, 1.165) is 23.1 Å². The van der Waals surface area contributed by atoms with Gasteiger partial charge in [0.25, 0.3) is 0 Å². The number of halogens is 1. The molecule has 0 heterocycles. The molecule has 0 spiro atoms. The Kier molecular flexibility index (Phi) is 6.69. The van der Waals surface area contributed by atoms with E-state index in [0.29, 0.717) is 12.6 Å². The van der Waals surface area contributed by atoms with Crippen molar-refractivity contribution in [2.45, 2.75) is 19.9 Å². The molecule has 0 bridgehead atoms. The molecule has 0 saturated carbocycles. The van der Waals surface area contributed by atoms with Gasteiger partial charge in [-0.15, -0.1) is 0 Å². The SMILES string of the molecule is CCN(CC(=O)c1ccc(Br)cc1)C(C)CN(C)C. The maximum atomic E-state index is 12.2. The molecule has 0 aliphatic heterocycles. The third-order valence-corrected chi connectivity index (χ3v) is 3.70. The van der Waals surface area contributed by atoms with Crippen molar-refractivity contribution in [1.29, 1.82) is 0 Å². The number of nitrogens with zero attached hydrogens (tertiary/aromatic N) is 2. The molecule has 19 heavy (non-hydrogen) atoms. The van der Waals surface area contributed by atoms with E-state index in [-0.39, 0.29) is 5.78 Å². The first kappa shape index (κ1) is 16.3. The Morgan fingerprint density at radius 3 is 2.32 bits per heavy atom. The number of likely N-dealkylation sites (N-methyl/N-ethyl adjacent to an activating group) is 2. The van der Waals surface area contributed by atoms with Crippen LogP contribution in [0.4, 0.5) is 0 Å². The minimum Gasteiger partial charge on any atom is -0.308 e. The fourth-order valence-electron chi connectivity index (χ4n) is 2.13. The predicted octanol–water partition coefficient (Wildman–Crippen LogP) is 2.90. The summed E-state index contributed by atoms with van der Waals surface area (Å²) in [5.74, 6) is 0.181. The molecule has 0 aromatic heterocycles. The lowest BCUT2D eigenvalue weighted by Crippen LogP contribution is -2.42. The monoisotopic (exact) mass is 326 g/mol. The lowest BCUT2D eigenvalue weighted by Gasteiger charge is -2.29. The summed E-state index contributed by atoms with van der Waals surface area (Å²) in [6, 6.07) is 7.94. The molecule has 4 heteroatoms. The van der Waals surface area contributed by atoms with Gasteiger partial charge in [-0.3, -0.25) is 9.69 Å². The van der Waals surface area contributed by atoms with Crippen LogP contribution in [-0.4, -0.2) is 55.4 Å². The van der Waals surface area contributed by atoms with Crippen LogP contribution in [0.5, 0.6) is 0 Å². The lowest BCUT2D eigenvalue weighted by molar-refractivity contribution is 0.0888. The van der Waals surface area contributed by atoms with Crippen LogP contribution < -0.4 is 0 Å². The highest BCUT2D eigenvalue weighted by Crippen LogP contribution is 2.12. The second kappa shape index (κ2) is 7.78. The number of hydrogen-bond donors (Lipinski definition) is 0. The van der Waals surface area contributed by atoms with Gasteiger partial charge >= 0.3 is 0 Å². The van der Waals surface area contributed by atoms with Crippen molar-refractivity contribution in [3.63, 3.8) is 0 Å². The summed E-state index contributed by atoms with van der Waals surface area (Å²) in [5, 5.41) is 0. The first-order chi connectivity index (χ1) is 8.93. The summed E-state index contributed by atoms with van der Waals surface area (Å²) in [6.07, 6.45) is 0. The zero-order chi connectivity index (χ0) is 14.4. The van der Waals surface area contributed by atoms with Crippen LogP contribution in [0, 0.1) is 0 Å². The molecule has 1 unspecified atom stereocenters. The second-order valence-electron chi connectivity index (χ2n) is 5.10. The minimum absolute atomic E-state index is 0.181. The van der Waals surface area contributed by atoms with Crippen molar-refractivity contribution in [1.82, 2.24) is 9.80 Å². The maximum absolute atomic E-state index is 12.2. The van der Waals surface area contributed by atoms with Gasteiger partial charge in [0, 0.05) is 22.6 Å². The first-order valence-corrected chi connectivity index (χ1v) is 7.41. The van der Waals surface area contributed by atoms with Gasteiger partial charge in [0.15, 0.2) is 5.78 Å². The van der Waals surface area contributed by atoms with Crippen LogP contribution in [0.3, 0.4) is 0 Å². The number of carbonyl (C=O) groups excluding carboxylic acids is 1. The van der Waals surface area contributed by atoms with Crippen LogP contribution in [0.1, 0.15) is 24.2 Å². The third-order valence-electron chi connectivity index (χ3n) is 3.17. The average molecular weight is 327 g/mol. The van der Waals surface area contributed by atoms with E-state index in [9.17, 15) is 4.79 Å². The molecule has 0 fully saturated rings. The smallest absolute Gasteiger partial charge is 0.176 e. The van der Waals surface area contributed by atoms with E-state index in [4.69, 9.17) is 0 Å². The Hall–Kier alpha value is -0.710. The topological polar surface area (TPSA) is 23.6 Å². The van der Waals surface area contributed by atoms with Gasteiger partial charge in [-0.2, -0.15) is 0 Å². The van der Waals surface area contributed by atoms with E-state index >= 15 is 0 Å². The quantitative estimate of drug-likeness (QED) is 0.720. The Labute approximate surface area is 124 Å². The first-order valence-electron chi connectivity index (χ1n) is 6.61. The maximum Gasteiger partial charge on any atom is 0.176 e. The molecule has 0 aliphatic carbocycles. The van der Waals surface area contributed by atoms with Crippen LogP contribution in [0.15, 0.2) is 28.7 Å². The molecule has 106 valence electrons. The standard InChI is InChI=1S/C15H23BrN2O/c1-5-18(12(2)10-17(3)4)11-15(19)13-6-8-14(16)9-7-13/h6-9,12H,5,10-11H2,1-4H3. The van der Waals surface area contributed by atoms with E-state index in [1.54, 1.807) is 0 Å². The molecule has 3 nitrogen and oxygen atoms in total. The van der Waals surface area contributed by atoms with Gasteiger partial charge in [0.2, 0.25) is 0 Å². The molecule has 0 aliphatic rings. The van der Waals surface area contributed by atoms with Gasteiger partial charge < -0.3 is 4.90 Å². The van der Waals surface area contributed by atoms with E-state index in [2.05, 4.69) is 53.7 Å². The fourth-order valence-corrected chi connectivity index (χ4v) is 2.40. The van der Waals surface area contributed by atoms with Crippen molar-refractivity contribution in [2.75, 3.05) is 33.7 Å². The van der Waals surface area contributed by atoms with E-state index < -0.39 is 0 Å². The Morgan fingerprint density at radius 1 is 1.26 bits per heavy atom. The summed E-state index contributed by atoms with van der Waals surface area (Å²) in [4.78, 5) is 16.6. The van der Waals surface area contributed by atoms with Crippen LogP contribution in [0.2, 0.25) is 0 Å². The molecule has 0 radical (unpaired) electrons. The Morgan fingerprint density at radius 2 is 1.84 bits per heavy atom. The molecule has 1 aromatic carbocycles. The number of carbonyl (C=O) groups is 1. The van der Waals surface area contributed by atoms with Gasteiger partial charge in [-0.05, 0) is 39.7 Å². The highest BCUT2D eigenvalue weighted by atomic mass is 79.9. The summed E-state index contributed by atoms with van der Waals surface area (Å²) in [6.45, 7) is 6.59. The number of benzene rings is 1. The largest absolute Gasteiger partial charge is 0.308 e. The number of ketones is 1. The molecular formula is C15H23BrN2O. The average Bonchev–Trinajstić information content (AvgIpc) is 2.35. The highest BCUT2D eigenvalue weighted by molar-refractivity contribution is 9.10. The number of rotatable bonds is 7.